The number of ether oxygens (including phenoxy) is 1. The van der Waals surface area contributed by atoms with E-state index in [1.807, 2.05) is 0 Å². The highest BCUT2D eigenvalue weighted by molar-refractivity contribution is 6.31. The highest BCUT2D eigenvalue weighted by Crippen LogP contribution is 2.20. The van der Waals surface area contributed by atoms with Gasteiger partial charge in [0.05, 0.1) is 12.8 Å². The van der Waals surface area contributed by atoms with Crippen LogP contribution in [-0.2, 0) is 4.74 Å². The molecule has 0 fully saturated rings. The number of unbranched alkanes of at least 4 members (excludes halogenated alkanes) is 1. The lowest BCUT2D eigenvalue weighted by molar-refractivity contribution is -0.577. The minimum absolute atomic E-state index is 0.0671. The number of benzene rings is 1. The molecule has 0 aliphatic carbocycles. The van der Waals surface area contributed by atoms with Crippen LogP contribution in [0.2, 0.25) is 5.02 Å². The third-order valence-corrected chi connectivity index (χ3v) is 5.11. The molecule has 154 valence electrons. The maximum Gasteiger partial charge on any atom is 0.343 e. The molecule has 1 atom stereocenters. The summed E-state index contributed by atoms with van der Waals surface area (Å²) in [7, 11) is 0. The molecule has 2 heterocycles. The van der Waals surface area contributed by atoms with Crippen molar-refractivity contribution in [3.63, 3.8) is 0 Å². The summed E-state index contributed by atoms with van der Waals surface area (Å²) in [6.07, 6.45) is 6.72. The van der Waals surface area contributed by atoms with Gasteiger partial charge in [0.1, 0.15) is 16.9 Å². The fraction of sp³-hybridized carbons (Fsp3) is 0.400. The Bertz CT molecular complexity index is 1020. The molecule has 0 aliphatic heterocycles. The zero-order valence-electron chi connectivity index (χ0n) is 16.5. The summed E-state index contributed by atoms with van der Waals surface area (Å²) in [5.74, 6) is 0.0491. The monoisotopic (exact) mass is 417 g/mol. The van der Waals surface area contributed by atoms with E-state index < -0.39 is 5.97 Å². The lowest BCUT2D eigenvalue weighted by atomic mass is 10.0. The molecule has 9 heteroatoms. The van der Waals surface area contributed by atoms with Gasteiger partial charge in [-0.2, -0.15) is 14.5 Å². The van der Waals surface area contributed by atoms with Crippen LogP contribution in [0.15, 0.2) is 30.6 Å². The largest absolute Gasteiger partial charge is 0.618 e. The molecule has 29 heavy (non-hydrogen) atoms. The average molecular weight is 418 g/mol. The topological polar surface area (TPSA) is 110 Å². The van der Waals surface area contributed by atoms with E-state index in [-0.39, 0.29) is 17.2 Å². The van der Waals surface area contributed by atoms with Crippen LogP contribution in [0.5, 0.6) is 0 Å². The Hall–Kier alpha value is -2.87. The van der Waals surface area contributed by atoms with Gasteiger partial charge in [-0.3, -0.25) is 0 Å². The molecule has 3 rings (SSSR count). The van der Waals surface area contributed by atoms with E-state index in [0.717, 1.165) is 25.7 Å². The second-order valence-corrected chi connectivity index (χ2v) is 7.36. The molecule has 0 aliphatic rings. The Balaban J connectivity index is 1.81. The number of carbonyl (C=O) groups excluding carboxylic acids is 1. The van der Waals surface area contributed by atoms with Crippen LogP contribution in [0.4, 0.5) is 5.82 Å². The number of hydrogen-bond donors (Lipinski definition) is 1. The Morgan fingerprint density at radius 3 is 2.93 bits per heavy atom. The molecule has 0 saturated carbocycles. The van der Waals surface area contributed by atoms with Crippen LogP contribution in [-0.4, -0.2) is 27.3 Å². The smallest absolute Gasteiger partial charge is 0.343 e. The summed E-state index contributed by atoms with van der Waals surface area (Å²) in [6.45, 7) is 4.56. The Morgan fingerprint density at radius 2 is 2.21 bits per heavy atom. The van der Waals surface area contributed by atoms with Gasteiger partial charge in [-0.05, 0) is 24.5 Å². The van der Waals surface area contributed by atoms with Crippen molar-refractivity contribution >= 4 is 34.4 Å². The maximum atomic E-state index is 12.5. The number of esters is 1. The van der Waals surface area contributed by atoms with E-state index in [4.69, 9.17) is 22.1 Å². The summed E-state index contributed by atoms with van der Waals surface area (Å²) < 4.78 is 7.33. The number of nitrogen functional groups attached to an aromatic ring is 1. The number of anilines is 1. The lowest BCUT2D eigenvalue weighted by Crippen LogP contribution is -2.28. The van der Waals surface area contributed by atoms with Crippen molar-refractivity contribution in [1.29, 1.82) is 0 Å². The van der Waals surface area contributed by atoms with E-state index in [2.05, 4.69) is 23.9 Å². The molecule has 8 nitrogen and oxygen atoms in total. The molecular weight excluding hydrogens is 394 g/mol. The highest BCUT2D eigenvalue weighted by Gasteiger charge is 2.21. The predicted molar refractivity (Wildman–Crippen MR) is 111 cm³/mol. The third kappa shape index (κ3) is 4.59. The van der Waals surface area contributed by atoms with Crippen molar-refractivity contribution in [3.8, 4) is 5.82 Å². The number of fused-ring (bicyclic) bond motifs is 1. The zero-order valence-corrected chi connectivity index (χ0v) is 17.2. The average Bonchev–Trinajstić information content (AvgIpc) is 3.10. The first-order valence-electron chi connectivity index (χ1n) is 9.65. The summed E-state index contributed by atoms with van der Waals surface area (Å²) >= 11 is 5.93. The fourth-order valence-corrected chi connectivity index (χ4v) is 3.23. The number of aromatic nitrogens is 4. The molecule has 0 amide bonds. The van der Waals surface area contributed by atoms with E-state index in [9.17, 15) is 10.0 Å². The van der Waals surface area contributed by atoms with Crippen molar-refractivity contribution in [2.24, 2.45) is 5.92 Å². The highest BCUT2D eigenvalue weighted by atomic mass is 35.5. The first kappa shape index (κ1) is 20.9. The van der Waals surface area contributed by atoms with E-state index in [0.29, 0.717) is 33.3 Å². The Morgan fingerprint density at radius 1 is 1.41 bits per heavy atom. The number of nitrogens with two attached hydrogens (primary N) is 1. The van der Waals surface area contributed by atoms with Crippen molar-refractivity contribution < 1.29 is 14.3 Å². The molecule has 0 saturated heterocycles. The summed E-state index contributed by atoms with van der Waals surface area (Å²) in [4.78, 5) is 16.9. The normalized spacial score (nSPS) is 12.2. The van der Waals surface area contributed by atoms with Crippen molar-refractivity contribution in [1.82, 2.24) is 14.8 Å². The molecule has 1 unspecified atom stereocenters. The summed E-state index contributed by atoms with van der Waals surface area (Å²) in [5.41, 5.74) is 7.00. The molecule has 2 aromatic heterocycles. The van der Waals surface area contributed by atoms with Crippen LogP contribution in [0, 0.1) is 11.1 Å². The van der Waals surface area contributed by atoms with E-state index >= 15 is 0 Å². The van der Waals surface area contributed by atoms with Crippen LogP contribution in [0.3, 0.4) is 0 Å². The third-order valence-electron chi connectivity index (χ3n) is 4.88. The van der Waals surface area contributed by atoms with Gasteiger partial charge in [-0.1, -0.05) is 44.7 Å². The van der Waals surface area contributed by atoms with Gasteiger partial charge < -0.3 is 15.7 Å². The number of nitrogens with zero attached hydrogens (tertiary/aromatic N) is 4. The van der Waals surface area contributed by atoms with Crippen LogP contribution < -0.4 is 10.5 Å². The van der Waals surface area contributed by atoms with Crippen LogP contribution in [0.25, 0.3) is 16.9 Å². The number of halogens is 1. The zero-order chi connectivity index (χ0) is 21.0. The van der Waals surface area contributed by atoms with Gasteiger partial charge in [0.15, 0.2) is 0 Å². The number of rotatable bonds is 8. The lowest BCUT2D eigenvalue weighted by Gasteiger charge is -2.14. The Kier molecular flexibility index (Phi) is 6.53. The Labute approximate surface area is 173 Å². The summed E-state index contributed by atoms with van der Waals surface area (Å²) in [5, 5.41) is 16.9. The summed E-state index contributed by atoms with van der Waals surface area (Å²) in [6, 6.07) is 4.79. The van der Waals surface area contributed by atoms with Gasteiger partial charge in [0.2, 0.25) is 17.5 Å². The SMILES string of the molecule is CCCCC(CC)COC(=O)c1cnn(-c2c[n+]([O-])c3cc(Cl)ccc3n2)c1N. The van der Waals surface area contributed by atoms with Gasteiger partial charge >= 0.3 is 5.97 Å². The van der Waals surface area contributed by atoms with Crippen molar-refractivity contribution in [2.75, 3.05) is 12.3 Å². The van der Waals surface area contributed by atoms with E-state index in [1.165, 1.54) is 23.1 Å². The van der Waals surface area contributed by atoms with Gasteiger partial charge in [0, 0.05) is 11.1 Å². The fourth-order valence-electron chi connectivity index (χ4n) is 3.06. The van der Waals surface area contributed by atoms with Crippen LogP contribution >= 0.6 is 11.6 Å². The number of carbonyl (C=O) groups is 1. The van der Waals surface area contributed by atoms with Gasteiger partial charge in [0.25, 0.3) is 0 Å². The second-order valence-electron chi connectivity index (χ2n) is 6.93. The molecule has 3 aromatic rings. The quantitative estimate of drug-likeness (QED) is 0.340. The minimum Gasteiger partial charge on any atom is -0.618 e. The molecule has 0 radical (unpaired) electrons. The molecule has 0 bridgehead atoms. The van der Waals surface area contributed by atoms with E-state index in [1.54, 1.807) is 12.1 Å². The van der Waals surface area contributed by atoms with Crippen molar-refractivity contribution in [2.45, 2.75) is 39.5 Å². The van der Waals surface area contributed by atoms with Gasteiger partial charge in [-0.15, -0.1) is 0 Å². The first-order valence-corrected chi connectivity index (χ1v) is 10.0. The van der Waals surface area contributed by atoms with Crippen LogP contribution in [0.1, 0.15) is 49.9 Å². The number of hydrogen-bond acceptors (Lipinski definition) is 6. The minimum atomic E-state index is -0.536. The van der Waals surface area contributed by atoms with Gasteiger partial charge in [-0.25, -0.2) is 9.78 Å². The molecule has 0 spiro atoms. The standard InChI is InChI=1S/C20H24ClN5O3/c1-3-5-6-13(4-2)12-29-20(27)15-10-23-26(19(15)22)18-11-25(28)17-9-14(21)7-8-16(17)24-18/h7-11,13H,3-6,12,22H2,1-2H3. The predicted octanol–water partition coefficient (Wildman–Crippen LogP) is 3.66. The van der Waals surface area contributed by atoms with Crippen molar-refractivity contribution in [3.05, 3.63) is 46.4 Å². The first-order chi connectivity index (χ1) is 13.9. The molecule has 1 aromatic carbocycles. The molecular formula is C20H24ClN5O3. The second kappa shape index (κ2) is 9.09. The maximum absolute atomic E-state index is 12.5. The molecule has 2 N–H and O–H groups in total.